The van der Waals surface area contributed by atoms with E-state index in [0.29, 0.717) is 19.3 Å². The van der Waals surface area contributed by atoms with Crippen LogP contribution in [0.25, 0.3) is 0 Å². The molecule has 1 fully saturated rings. The molecule has 0 radical (unpaired) electrons. The summed E-state index contributed by atoms with van der Waals surface area (Å²) in [5.74, 6) is 0.233. The molecule has 2 rings (SSSR count). The van der Waals surface area contributed by atoms with Crippen molar-refractivity contribution in [1.82, 2.24) is 9.97 Å². The standard InChI is InChI=1S/C14H21N3O2/c1-4-14(13(18)19)5-7-17(8-6-14)12-11(3)15-9-10(2)16-12/h9H,4-8H2,1-3H3,(H,18,19). The first-order valence-electron chi connectivity index (χ1n) is 6.77. The molecule has 5 nitrogen and oxygen atoms in total. The predicted octanol–water partition coefficient (Wildman–Crippen LogP) is 2.17. The molecule has 0 aromatic carbocycles. The number of aryl methyl sites for hydroxylation is 2. The second-order valence-electron chi connectivity index (χ2n) is 5.35. The molecule has 0 spiro atoms. The average Bonchev–Trinajstić information content (AvgIpc) is 2.41. The van der Waals surface area contributed by atoms with Gasteiger partial charge < -0.3 is 10.0 Å². The molecule has 1 N–H and O–H groups in total. The summed E-state index contributed by atoms with van der Waals surface area (Å²) in [5, 5.41) is 9.40. The van der Waals surface area contributed by atoms with Gasteiger partial charge in [0.15, 0.2) is 0 Å². The number of carbonyl (C=O) groups is 1. The first-order valence-corrected chi connectivity index (χ1v) is 6.77. The lowest BCUT2D eigenvalue weighted by atomic mass is 9.76. The lowest BCUT2D eigenvalue weighted by Gasteiger charge is -2.39. The highest BCUT2D eigenvalue weighted by Gasteiger charge is 2.40. The Balaban J connectivity index is 2.16. The number of carboxylic acids is 1. The third-order valence-electron chi connectivity index (χ3n) is 4.20. The molecule has 19 heavy (non-hydrogen) atoms. The lowest BCUT2D eigenvalue weighted by Crippen LogP contribution is -2.44. The smallest absolute Gasteiger partial charge is 0.309 e. The van der Waals surface area contributed by atoms with E-state index in [1.54, 1.807) is 6.20 Å². The molecule has 1 aliphatic heterocycles. The van der Waals surface area contributed by atoms with E-state index in [0.717, 1.165) is 30.3 Å². The van der Waals surface area contributed by atoms with Crippen molar-refractivity contribution in [3.05, 3.63) is 17.6 Å². The van der Waals surface area contributed by atoms with Gasteiger partial charge in [-0.3, -0.25) is 9.78 Å². The number of carboxylic acid groups (broad SMARTS) is 1. The van der Waals surface area contributed by atoms with Crippen molar-refractivity contribution in [1.29, 1.82) is 0 Å². The number of rotatable bonds is 3. The highest BCUT2D eigenvalue weighted by molar-refractivity contribution is 5.75. The maximum absolute atomic E-state index is 11.4. The SMILES string of the molecule is CCC1(C(=O)O)CCN(c2nc(C)cnc2C)CC1. The number of hydrogen-bond acceptors (Lipinski definition) is 4. The van der Waals surface area contributed by atoms with E-state index < -0.39 is 11.4 Å². The monoisotopic (exact) mass is 263 g/mol. The number of aliphatic carboxylic acids is 1. The number of nitrogens with zero attached hydrogens (tertiary/aromatic N) is 3. The van der Waals surface area contributed by atoms with Gasteiger partial charge in [0, 0.05) is 19.3 Å². The zero-order valence-corrected chi connectivity index (χ0v) is 11.8. The molecule has 0 amide bonds. The highest BCUT2D eigenvalue weighted by Crippen LogP contribution is 2.36. The van der Waals surface area contributed by atoms with Crippen LogP contribution < -0.4 is 4.90 Å². The first-order chi connectivity index (χ1) is 8.98. The van der Waals surface area contributed by atoms with Gasteiger partial charge in [0.2, 0.25) is 0 Å². The van der Waals surface area contributed by atoms with Gasteiger partial charge in [-0.05, 0) is 33.1 Å². The Morgan fingerprint density at radius 1 is 1.42 bits per heavy atom. The van der Waals surface area contributed by atoms with Crippen LogP contribution in [0, 0.1) is 19.3 Å². The molecule has 0 saturated carbocycles. The topological polar surface area (TPSA) is 66.3 Å². The number of aromatic nitrogens is 2. The summed E-state index contributed by atoms with van der Waals surface area (Å²) < 4.78 is 0. The summed E-state index contributed by atoms with van der Waals surface area (Å²) in [6.07, 6.45) is 3.80. The molecule has 0 bridgehead atoms. The van der Waals surface area contributed by atoms with E-state index in [1.165, 1.54) is 0 Å². The summed E-state index contributed by atoms with van der Waals surface area (Å²) >= 11 is 0. The van der Waals surface area contributed by atoms with Gasteiger partial charge in [-0.2, -0.15) is 0 Å². The molecule has 1 saturated heterocycles. The van der Waals surface area contributed by atoms with E-state index in [9.17, 15) is 9.90 Å². The molecule has 0 unspecified atom stereocenters. The van der Waals surface area contributed by atoms with Gasteiger partial charge in [0.25, 0.3) is 0 Å². The summed E-state index contributed by atoms with van der Waals surface area (Å²) in [6, 6.07) is 0. The summed E-state index contributed by atoms with van der Waals surface area (Å²) in [4.78, 5) is 22.4. The van der Waals surface area contributed by atoms with Crippen molar-refractivity contribution in [3.63, 3.8) is 0 Å². The summed E-state index contributed by atoms with van der Waals surface area (Å²) in [5.41, 5.74) is 1.25. The first kappa shape index (κ1) is 13.8. The second-order valence-corrected chi connectivity index (χ2v) is 5.35. The fraction of sp³-hybridized carbons (Fsp3) is 0.643. The van der Waals surface area contributed by atoms with Crippen molar-refractivity contribution < 1.29 is 9.90 Å². The minimum absolute atomic E-state index is 0.554. The van der Waals surface area contributed by atoms with Crippen LogP contribution in [0.4, 0.5) is 5.82 Å². The predicted molar refractivity (Wildman–Crippen MR) is 73.3 cm³/mol. The second kappa shape index (κ2) is 5.15. The zero-order chi connectivity index (χ0) is 14.0. The highest BCUT2D eigenvalue weighted by atomic mass is 16.4. The lowest BCUT2D eigenvalue weighted by molar-refractivity contribution is -0.150. The largest absolute Gasteiger partial charge is 0.481 e. The van der Waals surface area contributed by atoms with Crippen molar-refractivity contribution in [2.24, 2.45) is 5.41 Å². The average molecular weight is 263 g/mol. The minimum Gasteiger partial charge on any atom is -0.481 e. The van der Waals surface area contributed by atoms with E-state index in [4.69, 9.17) is 0 Å². The summed E-state index contributed by atoms with van der Waals surface area (Å²) in [6.45, 7) is 7.30. The van der Waals surface area contributed by atoms with Crippen LogP contribution in [0.1, 0.15) is 37.6 Å². The van der Waals surface area contributed by atoms with Gasteiger partial charge in [-0.1, -0.05) is 6.92 Å². The minimum atomic E-state index is -0.665. The third-order valence-corrected chi connectivity index (χ3v) is 4.20. The van der Waals surface area contributed by atoms with Crippen LogP contribution in [0.2, 0.25) is 0 Å². The Morgan fingerprint density at radius 3 is 2.58 bits per heavy atom. The van der Waals surface area contributed by atoms with Crippen molar-refractivity contribution in [2.45, 2.75) is 40.0 Å². The number of piperidine rings is 1. The quantitative estimate of drug-likeness (QED) is 0.905. The van der Waals surface area contributed by atoms with Crippen molar-refractivity contribution >= 4 is 11.8 Å². The fourth-order valence-electron chi connectivity index (χ4n) is 2.69. The van der Waals surface area contributed by atoms with Crippen LogP contribution in [-0.4, -0.2) is 34.1 Å². The van der Waals surface area contributed by atoms with Crippen LogP contribution >= 0.6 is 0 Å². The normalized spacial score (nSPS) is 18.4. The van der Waals surface area contributed by atoms with Crippen LogP contribution in [-0.2, 0) is 4.79 Å². The number of anilines is 1. The Hall–Kier alpha value is -1.65. The fourth-order valence-corrected chi connectivity index (χ4v) is 2.69. The third kappa shape index (κ3) is 2.55. The van der Waals surface area contributed by atoms with E-state index >= 15 is 0 Å². The Bertz CT molecular complexity index is 480. The zero-order valence-electron chi connectivity index (χ0n) is 11.8. The number of hydrogen-bond donors (Lipinski definition) is 1. The molecule has 1 aromatic heterocycles. The van der Waals surface area contributed by atoms with Gasteiger partial charge >= 0.3 is 5.97 Å². The van der Waals surface area contributed by atoms with Crippen LogP contribution in [0.5, 0.6) is 0 Å². The molecule has 0 atom stereocenters. The van der Waals surface area contributed by atoms with E-state index in [-0.39, 0.29) is 0 Å². The summed E-state index contributed by atoms with van der Waals surface area (Å²) in [7, 11) is 0. The Morgan fingerprint density at radius 2 is 2.05 bits per heavy atom. The van der Waals surface area contributed by atoms with Crippen molar-refractivity contribution in [3.8, 4) is 0 Å². The molecule has 2 heterocycles. The molecular weight excluding hydrogens is 242 g/mol. The van der Waals surface area contributed by atoms with Gasteiger partial charge in [-0.25, -0.2) is 4.98 Å². The molecule has 0 aliphatic carbocycles. The molecular formula is C14H21N3O2. The van der Waals surface area contributed by atoms with Gasteiger partial charge in [0.1, 0.15) is 5.82 Å². The Labute approximate surface area is 113 Å². The van der Waals surface area contributed by atoms with Crippen molar-refractivity contribution in [2.75, 3.05) is 18.0 Å². The molecule has 104 valence electrons. The molecule has 1 aromatic rings. The maximum atomic E-state index is 11.4. The Kier molecular flexibility index (Phi) is 3.73. The molecule has 1 aliphatic rings. The van der Waals surface area contributed by atoms with Gasteiger partial charge in [0.05, 0.1) is 16.8 Å². The van der Waals surface area contributed by atoms with Crippen LogP contribution in [0.15, 0.2) is 6.20 Å². The van der Waals surface area contributed by atoms with Gasteiger partial charge in [-0.15, -0.1) is 0 Å². The maximum Gasteiger partial charge on any atom is 0.309 e. The van der Waals surface area contributed by atoms with E-state index in [2.05, 4.69) is 14.9 Å². The molecule has 5 heteroatoms. The van der Waals surface area contributed by atoms with E-state index in [1.807, 2.05) is 20.8 Å². The van der Waals surface area contributed by atoms with Crippen LogP contribution in [0.3, 0.4) is 0 Å².